The van der Waals surface area contributed by atoms with Crippen molar-refractivity contribution in [3.05, 3.63) is 64.4 Å². The Balaban J connectivity index is 1.74. The highest BCUT2D eigenvalue weighted by Crippen LogP contribution is 2.22. The normalized spacial score (nSPS) is 12.0. The number of carbonyl (C=O) groups is 1. The van der Waals surface area contributed by atoms with Gasteiger partial charge >= 0.3 is 0 Å². The molecule has 0 radical (unpaired) electrons. The minimum atomic E-state index is -0.0397. The lowest BCUT2D eigenvalue weighted by Crippen LogP contribution is -2.31. The summed E-state index contributed by atoms with van der Waals surface area (Å²) in [4.78, 5) is 21.1. The van der Waals surface area contributed by atoms with Crippen molar-refractivity contribution in [1.82, 2.24) is 15.3 Å². The molecule has 2 aromatic heterocycles. The van der Waals surface area contributed by atoms with Gasteiger partial charge in [-0.15, -0.1) is 0 Å². The van der Waals surface area contributed by atoms with Crippen LogP contribution >= 0.6 is 15.9 Å². The number of aromatic nitrogens is 2. The lowest BCUT2D eigenvalue weighted by Gasteiger charge is -2.13. The maximum atomic E-state index is 12.3. The van der Waals surface area contributed by atoms with Crippen molar-refractivity contribution in [2.75, 3.05) is 5.32 Å². The van der Waals surface area contributed by atoms with Crippen molar-refractivity contribution in [3.8, 4) is 0 Å². The summed E-state index contributed by atoms with van der Waals surface area (Å²) in [6.07, 6.45) is 4.43. The van der Waals surface area contributed by atoms with E-state index < -0.39 is 0 Å². The summed E-state index contributed by atoms with van der Waals surface area (Å²) in [5, 5.41) is 6.39. The molecule has 0 aliphatic rings. The standard InChI is InChI=1S/C20H21BrN4O/c1-3-13(2)25-20(26)15-6-4-5-14(9-15)11-23-17-7-8-22-18-10-16(21)12-24-19(17)18/h4-10,12-13H,3,11H2,1-2H3,(H,22,23)(H,25,26). The van der Waals surface area contributed by atoms with Crippen LogP contribution in [0.3, 0.4) is 0 Å². The van der Waals surface area contributed by atoms with Crippen molar-refractivity contribution in [1.29, 1.82) is 0 Å². The smallest absolute Gasteiger partial charge is 0.251 e. The number of hydrogen-bond donors (Lipinski definition) is 2. The van der Waals surface area contributed by atoms with Gasteiger partial charge in [0.1, 0.15) is 5.52 Å². The molecule has 1 amide bonds. The van der Waals surface area contributed by atoms with Gasteiger partial charge in [-0.05, 0) is 59.1 Å². The second kappa shape index (κ2) is 8.27. The molecular formula is C20H21BrN4O. The van der Waals surface area contributed by atoms with Crippen LogP contribution in [0.5, 0.6) is 0 Å². The SMILES string of the molecule is CCC(C)NC(=O)c1cccc(CNc2ccnc3cc(Br)cnc23)c1. The fourth-order valence-electron chi connectivity index (χ4n) is 2.58. The van der Waals surface area contributed by atoms with Crippen LogP contribution in [0.25, 0.3) is 11.0 Å². The number of amides is 1. The fraction of sp³-hybridized carbons (Fsp3) is 0.250. The van der Waals surface area contributed by atoms with Gasteiger partial charge in [-0.25, -0.2) is 0 Å². The van der Waals surface area contributed by atoms with Crippen LogP contribution in [0.15, 0.2) is 53.3 Å². The average molecular weight is 413 g/mol. The molecule has 1 aromatic carbocycles. The summed E-state index contributed by atoms with van der Waals surface area (Å²) in [6, 6.07) is 11.7. The quantitative estimate of drug-likeness (QED) is 0.623. The molecular weight excluding hydrogens is 392 g/mol. The first kappa shape index (κ1) is 18.3. The molecule has 26 heavy (non-hydrogen) atoms. The summed E-state index contributed by atoms with van der Waals surface area (Å²) in [7, 11) is 0. The first-order valence-electron chi connectivity index (χ1n) is 8.60. The number of fused-ring (bicyclic) bond motifs is 1. The fourth-order valence-corrected chi connectivity index (χ4v) is 2.90. The molecule has 0 bridgehead atoms. The Morgan fingerprint density at radius 1 is 1.23 bits per heavy atom. The van der Waals surface area contributed by atoms with Crippen LogP contribution in [0.1, 0.15) is 36.2 Å². The molecule has 5 nitrogen and oxygen atoms in total. The Bertz CT molecular complexity index is 929. The molecule has 3 aromatic rings. The molecule has 1 atom stereocenters. The lowest BCUT2D eigenvalue weighted by atomic mass is 10.1. The molecule has 3 rings (SSSR count). The van der Waals surface area contributed by atoms with Gasteiger partial charge in [-0.1, -0.05) is 19.1 Å². The van der Waals surface area contributed by atoms with Crippen LogP contribution in [0.2, 0.25) is 0 Å². The maximum absolute atomic E-state index is 12.3. The van der Waals surface area contributed by atoms with Gasteiger partial charge in [0.25, 0.3) is 5.91 Å². The minimum absolute atomic E-state index is 0.0397. The van der Waals surface area contributed by atoms with Crippen LogP contribution in [0.4, 0.5) is 5.69 Å². The van der Waals surface area contributed by atoms with E-state index in [9.17, 15) is 4.79 Å². The average Bonchev–Trinajstić information content (AvgIpc) is 2.66. The third kappa shape index (κ3) is 4.38. The van der Waals surface area contributed by atoms with Gasteiger partial charge in [-0.2, -0.15) is 0 Å². The van der Waals surface area contributed by atoms with E-state index in [4.69, 9.17) is 0 Å². The van der Waals surface area contributed by atoms with E-state index in [1.54, 1.807) is 12.4 Å². The van der Waals surface area contributed by atoms with Crippen molar-refractivity contribution >= 4 is 38.6 Å². The van der Waals surface area contributed by atoms with E-state index in [2.05, 4.69) is 43.5 Å². The molecule has 0 aliphatic heterocycles. The van der Waals surface area contributed by atoms with Crippen LogP contribution in [0, 0.1) is 0 Å². The van der Waals surface area contributed by atoms with Crippen LogP contribution < -0.4 is 10.6 Å². The first-order chi connectivity index (χ1) is 12.6. The van der Waals surface area contributed by atoms with Gasteiger partial charge in [-0.3, -0.25) is 14.8 Å². The lowest BCUT2D eigenvalue weighted by molar-refractivity contribution is 0.0939. The molecule has 0 saturated heterocycles. The molecule has 1 unspecified atom stereocenters. The Morgan fingerprint density at radius 3 is 2.88 bits per heavy atom. The third-order valence-electron chi connectivity index (χ3n) is 4.21. The van der Waals surface area contributed by atoms with Gasteiger partial charge in [0.05, 0.1) is 11.2 Å². The van der Waals surface area contributed by atoms with E-state index in [0.29, 0.717) is 12.1 Å². The van der Waals surface area contributed by atoms with Gasteiger partial charge in [0.2, 0.25) is 0 Å². The van der Waals surface area contributed by atoms with E-state index in [0.717, 1.165) is 33.2 Å². The van der Waals surface area contributed by atoms with Crippen molar-refractivity contribution in [3.63, 3.8) is 0 Å². The number of carbonyl (C=O) groups excluding carboxylic acids is 1. The molecule has 6 heteroatoms. The number of halogens is 1. The van der Waals surface area contributed by atoms with Crippen LogP contribution in [-0.4, -0.2) is 21.9 Å². The number of anilines is 1. The van der Waals surface area contributed by atoms with Crippen molar-refractivity contribution in [2.24, 2.45) is 0 Å². The second-order valence-corrected chi connectivity index (χ2v) is 7.13. The monoisotopic (exact) mass is 412 g/mol. The minimum Gasteiger partial charge on any atom is -0.379 e. The van der Waals surface area contributed by atoms with Gasteiger partial charge in [0, 0.05) is 35.0 Å². The summed E-state index contributed by atoms with van der Waals surface area (Å²) in [5.41, 5.74) is 4.26. The highest BCUT2D eigenvalue weighted by atomic mass is 79.9. The van der Waals surface area contributed by atoms with Gasteiger partial charge < -0.3 is 10.6 Å². The molecule has 0 fully saturated rings. The van der Waals surface area contributed by atoms with E-state index in [1.165, 1.54) is 0 Å². The number of nitrogens with zero attached hydrogens (tertiary/aromatic N) is 2. The number of hydrogen-bond acceptors (Lipinski definition) is 4. The Kier molecular flexibility index (Phi) is 5.83. The zero-order chi connectivity index (χ0) is 18.5. The summed E-state index contributed by atoms with van der Waals surface area (Å²) < 4.78 is 0.898. The second-order valence-electron chi connectivity index (χ2n) is 6.22. The Hall–Kier alpha value is -2.47. The Labute approximate surface area is 161 Å². The van der Waals surface area contributed by atoms with Crippen LogP contribution in [-0.2, 0) is 6.54 Å². The van der Waals surface area contributed by atoms with E-state index in [1.807, 2.05) is 43.3 Å². The maximum Gasteiger partial charge on any atom is 0.251 e. The zero-order valence-electron chi connectivity index (χ0n) is 14.8. The molecule has 0 saturated carbocycles. The molecule has 0 spiro atoms. The van der Waals surface area contributed by atoms with Crippen molar-refractivity contribution in [2.45, 2.75) is 32.9 Å². The van der Waals surface area contributed by atoms with Gasteiger partial charge in [0.15, 0.2) is 0 Å². The summed E-state index contributed by atoms with van der Waals surface area (Å²) in [5.74, 6) is -0.0397. The molecule has 0 aliphatic carbocycles. The van der Waals surface area contributed by atoms with Crippen molar-refractivity contribution < 1.29 is 4.79 Å². The number of benzene rings is 1. The summed E-state index contributed by atoms with van der Waals surface area (Å²) >= 11 is 3.42. The predicted molar refractivity (Wildman–Crippen MR) is 108 cm³/mol. The number of rotatable bonds is 6. The first-order valence-corrected chi connectivity index (χ1v) is 9.40. The third-order valence-corrected chi connectivity index (χ3v) is 4.64. The number of pyridine rings is 2. The highest BCUT2D eigenvalue weighted by molar-refractivity contribution is 9.10. The highest BCUT2D eigenvalue weighted by Gasteiger charge is 2.09. The summed E-state index contributed by atoms with van der Waals surface area (Å²) in [6.45, 7) is 4.65. The predicted octanol–water partition coefficient (Wildman–Crippen LogP) is 4.53. The number of nitrogens with one attached hydrogen (secondary N) is 2. The van der Waals surface area contributed by atoms with E-state index >= 15 is 0 Å². The molecule has 134 valence electrons. The van der Waals surface area contributed by atoms with E-state index in [-0.39, 0.29) is 11.9 Å². The molecule has 2 heterocycles. The topological polar surface area (TPSA) is 66.9 Å². The largest absolute Gasteiger partial charge is 0.379 e. The Morgan fingerprint density at radius 2 is 2.08 bits per heavy atom. The zero-order valence-corrected chi connectivity index (χ0v) is 16.4. The molecule has 2 N–H and O–H groups in total.